The number of ether oxygens (including phenoxy) is 1. The monoisotopic (exact) mass is 223 g/mol. The molecule has 0 aliphatic carbocycles. The molecule has 0 fully saturated rings. The number of rotatable bonds is 0. The molecule has 2 nitrogen and oxygen atoms in total. The van der Waals surface area contributed by atoms with E-state index < -0.39 is 0 Å². The van der Waals surface area contributed by atoms with Crippen molar-refractivity contribution in [3.63, 3.8) is 0 Å². The van der Waals surface area contributed by atoms with E-state index in [4.69, 9.17) is 4.74 Å². The summed E-state index contributed by atoms with van der Waals surface area (Å²) in [5.41, 5.74) is 1.13. The fourth-order valence-electron chi connectivity index (χ4n) is 1.04. The molecule has 0 saturated carbocycles. The van der Waals surface area contributed by atoms with Gasteiger partial charge in [-0.05, 0) is 19.2 Å². The topological polar surface area (TPSA) is 12.5 Å². The van der Waals surface area contributed by atoms with Crippen molar-refractivity contribution in [3.05, 3.63) is 31.0 Å². The Morgan fingerprint density at radius 2 is 2.09 bits per heavy atom. The summed E-state index contributed by atoms with van der Waals surface area (Å²) < 4.78 is 5.21. The molecule has 1 radical (unpaired) electrons. The normalized spacial score (nSPS) is 13.4. The molecule has 1 aromatic carbocycles. The Bertz CT molecular complexity index is 252. The average molecular weight is 223 g/mol. The molecular formula is C8H8NOY-. The van der Waals surface area contributed by atoms with Crippen molar-refractivity contribution < 1.29 is 37.4 Å². The van der Waals surface area contributed by atoms with Gasteiger partial charge in [0.25, 0.3) is 0 Å². The number of anilines is 1. The largest absolute Gasteiger partial charge is 0.640 e. The van der Waals surface area contributed by atoms with Gasteiger partial charge in [-0.2, -0.15) is 0 Å². The molecule has 55 valence electrons. The maximum atomic E-state index is 5.21. The van der Waals surface area contributed by atoms with Crippen LogP contribution < -0.4 is 9.64 Å². The smallest absolute Gasteiger partial charge is 0.108 e. The van der Waals surface area contributed by atoms with E-state index in [1.54, 1.807) is 6.73 Å². The van der Waals surface area contributed by atoms with Gasteiger partial charge < -0.3 is 9.64 Å². The fraction of sp³-hybridized carbons (Fsp3) is 0.125. The van der Waals surface area contributed by atoms with Gasteiger partial charge in [0.15, 0.2) is 0 Å². The van der Waals surface area contributed by atoms with Crippen LogP contribution >= 0.6 is 0 Å². The third-order valence-corrected chi connectivity index (χ3v) is 1.58. The fourth-order valence-corrected chi connectivity index (χ4v) is 1.04. The summed E-state index contributed by atoms with van der Waals surface area (Å²) in [6.45, 7) is 1.70. The molecule has 0 amide bonds. The molecule has 0 N–H and O–H groups in total. The first-order valence-corrected chi connectivity index (χ1v) is 3.20. The Morgan fingerprint density at radius 3 is 2.82 bits per heavy atom. The molecule has 0 saturated heterocycles. The molecule has 11 heavy (non-hydrogen) atoms. The van der Waals surface area contributed by atoms with E-state index in [0.29, 0.717) is 0 Å². The van der Waals surface area contributed by atoms with Crippen LogP contribution in [0.1, 0.15) is 0 Å². The van der Waals surface area contributed by atoms with Crippen LogP contribution in [0.15, 0.2) is 24.3 Å². The quantitative estimate of drug-likeness (QED) is 0.620. The summed E-state index contributed by atoms with van der Waals surface area (Å²) in [5.74, 6) is 0.935. The summed E-state index contributed by atoms with van der Waals surface area (Å²) in [5, 5.41) is 0. The van der Waals surface area contributed by atoms with Crippen LogP contribution in [-0.4, -0.2) is 7.05 Å². The Labute approximate surface area is 91.4 Å². The summed E-state index contributed by atoms with van der Waals surface area (Å²) in [6, 6.07) is 7.94. The van der Waals surface area contributed by atoms with Crippen molar-refractivity contribution in [2.45, 2.75) is 0 Å². The molecule has 0 spiro atoms. The second-order valence-corrected chi connectivity index (χ2v) is 2.30. The van der Waals surface area contributed by atoms with Crippen molar-refractivity contribution in [1.82, 2.24) is 0 Å². The summed E-state index contributed by atoms with van der Waals surface area (Å²) in [6.07, 6.45) is 0. The number of fused-ring (bicyclic) bond motifs is 1. The van der Waals surface area contributed by atoms with E-state index in [1.807, 2.05) is 36.2 Å². The number of nitrogens with zero attached hydrogens (tertiary/aromatic N) is 1. The minimum Gasteiger partial charge on any atom is -0.640 e. The number of hydrogen-bond acceptors (Lipinski definition) is 2. The molecule has 0 unspecified atom stereocenters. The van der Waals surface area contributed by atoms with Gasteiger partial charge in [0.05, 0.1) is 0 Å². The molecule has 1 aliphatic rings. The van der Waals surface area contributed by atoms with Crippen molar-refractivity contribution >= 4 is 5.69 Å². The Hall–Kier alpha value is -0.0761. The van der Waals surface area contributed by atoms with E-state index in [2.05, 4.69) is 0 Å². The second-order valence-electron chi connectivity index (χ2n) is 2.30. The minimum atomic E-state index is 0. The molecule has 1 aliphatic heterocycles. The molecular weight excluding hydrogens is 215 g/mol. The number of hydrogen-bond donors (Lipinski definition) is 0. The van der Waals surface area contributed by atoms with Crippen molar-refractivity contribution in [2.75, 3.05) is 11.9 Å². The molecule has 1 heterocycles. The van der Waals surface area contributed by atoms with E-state index >= 15 is 0 Å². The second kappa shape index (κ2) is 3.55. The van der Waals surface area contributed by atoms with Crippen LogP contribution in [0.25, 0.3) is 0 Å². The third-order valence-electron chi connectivity index (χ3n) is 1.58. The van der Waals surface area contributed by atoms with Gasteiger partial charge >= 0.3 is 0 Å². The van der Waals surface area contributed by atoms with Gasteiger partial charge in [-0.25, -0.2) is 0 Å². The Morgan fingerprint density at radius 1 is 1.36 bits per heavy atom. The van der Waals surface area contributed by atoms with Gasteiger partial charge in [0, 0.05) is 38.4 Å². The zero-order valence-electron chi connectivity index (χ0n) is 6.32. The van der Waals surface area contributed by atoms with Crippen LogP contribution in [0, 0.1) is 6.73 Å². The maximum absolute atomic E-state index is 5.21. The van der Waals surface area contributed by atoms with E-state index in [0.717, 1.165) is 11.4 Å². The standard InChI is InChI=1S/C8H8NO.Y/c1-9-6-10-8-5-3-2-4-7(8)9;/h2-6H,1H3;/q-1;. The number of benzene rings is 1. The van der Waals surface area contributed by atoms with Crippen LogP contribution in [0.4, 0.5) is 5.69 Å². The Balaban J connectivity index is 0.000000605. The first kappa shape index (κ1) is 9.02. The molecule has 0 aromatic heterocycles. The van der Waals surface area contributed by atoms with Gasteiger partial charge in [-0.15, -0.1) is 0 Å². The van der Waals surface area contributed by atoms with Gasteiger partial charge in [-0.3, -0.25) is 0 Å². The van der Waals surface area contributed by atoms with E-state index in [-0.39, 0.29) is 32.7 Å². The minimum absolute atomic E-state index is 0. The maximum Gasteiger partial charge on any atom is 0.108 e. The van der Waals surface area contributed by atoms with E-state index in [9.17, 15) is 0 Å². The first-order chi connectivity index (χ1) is 4.88. The molecule has 1 aromatic rings. The zero-order chi connectivity index (χ0) is 6.97. The van der Waals surface area contributed by atoms with Crippen LogP contribution in [0.5, 0.6) is 5.75 Å². The van der Waals surface area contributed by atoms with Crippen LogP contribution in [0.2, 0.25) is 0 Å². The van der Waals surface area contributed by atoms with Gasteiger partial charge in [0.1, 0.15) is 5.75 Å². The summed E-state index contributed by atoms with van der Waals surface area (Å²) in [7, 11) is 1.96. The SMILES string of the molecule is CN1[CH-]Oc2ccccc21.[Y]. The van der Waals surface area contributed by atoms with Crippen LogP contribution in [0.3, 0.4) is 0 Å². The van der Waals surface area contributed by atoms with Crippen molar-refractivity contribution in [3.8, 4) is 5.75 Å². The van der Waals surface area contributed by atoms with Crippen molar-refractivity contribution in [1.29, 1.82) is 0 Å². The molecule has 3 heteroatoms. The number of para-hydroxylation sites is 2. The molecule has 0 atom stereocenters. The van der Waals surface area contributed by atoms with Gasteiger partial charge in [-0.1, -0.05) is 18.9 Å². The predicted octanol–water partition coefficient (Wildman–Crippen LogP) is 1.63. The summed E-state index contributed by atoms with van der Waals surface area (Å²) in [4.78, 5) is 1.95. The van der Waals surface area contributed by atoms with Gasteiger partial charge in [0.2, 0.25) is 0 Å². The van der Waals surface area contributed by atoms with E-state index in [1.165, 1.54) is 0 Å². The average Bonchev–Trinajstić information content (AvgIpc) is 2.34. The third kappa shape index (κ3) is 1.57. The predicted molar refractivity (Wildman–Crippen MR) is 39.8 cm³/mol. The molecule has 2 rings (SSSR count). The van der Waals surface area contributed by atoms with Crippen LogP contribution in [-0.2, 0) is 32.7 Å². The Kier molecular flexibility index (Phi) is 2.91. The first-order valence-electron chi connectivity index (χ1n) is 3.20. The zero-order valence-corrected chi connectivity index (χ0v) is 9.16. The summed E-state index contributed by atoms with van der Waals surface area (Å²) >= 11 is 0. The molecule has 0 bridgehead atoms. The van der Waals surface area contributed by atoms with Crippen molar-refractivity contribution in [2.24, 2.45) is 0 Å².